The number of amidine groups is 1. The predicted molar refractivity (Wildman–Crippen MR) is 92.7 cm³/mol. The van der Waals surface area contributed by atoms with Gasteiger partial charge in [0, 0.05) is 22.3 Å². The van der Waals surface area contributed by atoms with Gasteiger partial charge < -0.3 is 10.1 Å². The van der Waals surface area contributed by atoms with E-state index in [4.69, 9.17) is 16.3 Å². The molecule has 1 atom stereocenters. The molecule has 2 heterocycles. The number of carbonyl (C=O) groups excluding carboxylic acids is 1. The first-order valence-corrected chi connectivity index (χ1v) is 8.10. The maximum absolute atomic E-state index is 14.1. The van der Waals surface area contributed by atoms with Gasteiger partial charge in [0.15, 0.2) is 11.7 Å². The van der Waals surface area contributed by atoms with Crippen molar-refractivity contribution >= 4 is 23.4 Å². The first-order chi connectivity index (χ1) is 12.8. The summed E-state index contributed by atoms with van der Waals surface area (Å²) in [6.07, 6.45) is 0.845. The molecule has 0 amide bonds. The summed E-state index contributed by atoms with van der Waals surface area (Å²) in [4.78, 5) is 20.3. The number of allylic oxidation sites excluding steroid dienone is 1. The zero-order chi connectivity index (χ0) is 19.7. The van der Waals surface area contributed by atoms with Crippen molar-refractivity contribution in [2.75, 3.05) is 7.11 Å². The van der Waals surface area contributed by atoms with Gasteiger partial charge in [-0.2, -0.15) is 0 Å². The van der Waals surface area contributed by atoms with E-state index in [1.807, 2.05) is 0 Å². The Balaban J connectivity index is 2.17. The lowest BCUT2D eigenvalue weighted by molar-refractivity contribution is -0.136. The molecule has 0 saturated carbocycles. The maximum Gasteiger partial charge on any atom is 0.338 e. The summed E-state index contributed by atoms with van der Waals surface area (Å²) < 4.78 is 45.5. The number of pyridine rings is 1. The molecule has 0 fully saturated rings. The summed E-state index contributed by atoms with van der Waals surface area (Å²) in [5.74, 6) is -3.04. The minimum Gasteiger partial charge on any atom is -0.466 e. The largest absolute Gasteiger partial charge is 0.466 e. The molecule has 0 saturated heterocycles. The average molecular weight is 396 g/mol. The highest BCUT2D eigenvalue weighted by molar-refractivity contribution is 6.31. The van der Waals surface area contributed by atoms with Gasteiger partial charge in [-0.25, -0.2) is 22.9 Å². The molecular weight excluding hydrogens is 383 g/mol. The van der Waals surface area contributed by atoms with Crippen molar-refractivity contribution in [3.05, 3.63) is 75.5 Å². The third-order valence-corrected chi connectivity index (χ3v) is 4.26. The number of carbonyl (C=O) groups is 1. The number of aliphatic imine (C=N–C) groups is 1. The topological polar surface area (TPSA) is 63.6 Å². The summed E-state index contributed by atoms with van der Waals surface area (Å²) in [7, 11) is 1.20. The van der Waals surface area contributed by atoms with Gasteiger partial charge in [0.25, 0.3) is 0 Å². The first kappa shape index (κ1) is 18.9. The van der Waals surface area contributed by atoms with Crippen LogP contribution in [0.2, 0.25) is 5.02 Å². The van der Waals surface area contributed by atoms with Gasteiger partial charge in [-0.3, -0.25) is 4.99 Å². The molecule has 0 bridgehead atoms. The number of halogens is 4. The van der Waals surface area contributed by atoms with Crippen LogP contribution in [-0.4, -0.2) is 23.9 Å². The van der Waals surface area contributed by atoms with Crippen molar-refractivity contribution in [1.29, 1.82) is 0 Å². The molecule has 1 N–H and O–H groups in total. The van der Waals surface area contributed by atoms with E-state index in [1.54, 1.807) is 6.92 Å². The number of methoxy groups -OCH3 is 1. The minimum absolute atomic E-state index is 0.0250. The second kappa shape index (κ2) is 7.40. The Labute approximate surface area is 157 Å². The molecule has 0 radical (unpaired) electrons. The Hall–Kier alpha value is -2.87. The lowest BCUT2D eigenvalue weighted by Crippen LogP contribution is -2.33. The molecule has 1 aromatic carbocycles. The Kier molecular flexibility index (Phi) is 5.18. The Morgan fingerprint density at radius 3 is 2.59 bits per heavy atom. The van der Waals surface area contributed by atoms with E-state index in [0.29, 0.717) is 17.3 Å². The Bertz CT molecular complexity index is 992. The molecule has 9 heteroatoms. The van der Waals surface area contributed by atoms with E-state index in [-0.39, 0.29) is 22.1 Å². The lowest BCUT2D eigenvalue weighted by Gasteiger charge is -2.26. The first-order valence-electron chi connectivity index (χ1n) is 7.72. The number of nitrogens with one attached hydrogen (secondary N) is 1. The number of rotatable bonds is 3. The molecule has 0 spiro atoms. The smallest absolute Gasteiger partial charge is 0.338 e. The van der Waals surface area contributed by atoms with Gasteiger partial charge in [-0.05, 0) is 19.1 Å². The minimum atomic E-state index is -0.993. The Morgan fingerprint density at radius 2 is 1.96 bits per heavy atom. The van der Waals surface area contributed by atoms with Crippen LogP contribution < -0.4 is 5.32 Å². The number of ether oxygens (including phenoxy) is 1. The fourth-order valence-electron chi connectivity index (χ4n) is 2.71. The van der Waals surface area contributed by atoms with Crippen LogP contribution in [0.1, 0.15) is 24.2 Å². The van der Waals surface area contributed by atoms with Crippen LogP contribution in [0.5, 0.6) is 0 Å². The van der Waals surface area contributed by atoms with Crippen LogP contribution in [0.4, 0.5) is 13.2 Å². The van der Waals surface area contributed by atoms with Crippen LogP contribution in [0.25, 0.3) is 0 Å². The number of hydrogen-bond acceptors (Lipinski definition) is 5. The Morgan fingerprint density at radius 1 is 1.22 bits per heavy atom. The summed E-state index contributed by atoms with van der Waals surface area (Å²) in [6, 6.07) is 3.29. The molecule has 1 aromatic heterocycles. The normalized spacial score (nSPS) is 16.7. The van der Waals surface area contributed by atoms with Crippen LogP contribution in [0, 0.1) is 17.5 Å². The van der Waals surface area contributed by atoms with Gasteiger partial charge in [-0.1, -0.05) is 17.7 Å². The van der Waals surface area contributed by atoms with Crippen molar-refractivity contribution in [2.24, 2.45) is 4.99 Å². The second-order valence-electron chi connectivity index (χ2n) is 5.69. The average Bonchev–Trinajstić information content (AvgIpc) is 2.60. The number of nitrogens with zero attached hydrogens (tertiary/aromatic N) is 2. The third kappa shape index (κ3) is 3.66. The van der Waals surface area contributed by atoms with Gasteiger partial charge in [0.05, 0.1) is 18.9 Å². The van der Waals surface area contributed by atoms with E-state index in [0.717, 1.165) is 12.3 Å². The molecule has 0 unspecified atom stereocenters. The van der Waals surface area contributed by atoms with Gasteiger partial charge in [0.2, 0.25) is 0 Å². The van der Waals surface area contributed by atoms with Crippen LogP contribution >= 0.6 is 11.6 Å². The van der Waals surface area contributed by atoms with E-state index in [1.165, 1.54) is 19.2 Å². The zero-order valence-corrected chi connectivity index (χ0v) is 14.9. The molecule has 140 valence electrons. The third-order valence-electron chi connectivity index (χ3n) is 3.94. The number of esters is 1. The zero-order valence-electron chi connectivity index (χ0n) is 14.2. The summed E-state index contributed by atoms with van der Waals surface area (Å²) in [6.45, 7) is 1.56. The quantitative estimate of drug-likeness (QED) is 0.805. The van der Waals surface area contributed by atoms with E-state index in [2.05, 4.69) is 15.3 Å². The van der Waals surface area contributed by atoms with Gasteiger partial charge >= 0.3 is 5.97 Å². The molecular formula is C18H13ClF3N3O2. The lowest BCUT2D eigenvalue weighted by atomic mass is 9.95. The second-order valence-corrected chi connectivity index (χ2v) is 6.09. The van der Waals surface area contributed by atoms with Crippen molar-refractivity contribution in [3.8, 4) is 0 Å². The van der Waals surface area contributed by atoms with Crippen molar-refractivity contribution in [1.82, 2.24) is 10.3 Å². The maximum atomic E-state index is 14.1. The van der Waals surface area contributed by atoms with Gasteiger partial charge in [-0.15, -0.1) is 0 Å². The summed E-state index contributed by atoms with van der Waals surface area (Å²) in [5.41, 5.74) is 0.530. The number of hydrogen-bond donors (Lipinski definition) is 1. The standard InChI is InChI=1S/C18H13ClF3N3O2/c1-8-14(18(26)27-2)15(11-4-3-9(20)5-12(11)19)25-17(24-8)16-13(22)6-10(21)7-23-16/h3-7,15H,1-2H3,(H,24,25)/t15-/m0/s1. The molecule has 3 rings (SSSR count). The SMILES string of the molecule is COC(=O)C1=C(C)NC(c2ncc(F)cc2F)=N[C@H]1c1ccc(F)cc1Cl. The van der Waals surface area contributed by atoms with Crippen LogP contribution in [0.15, 0.2) is 46.7 Å². The van der Waals surface area contributed by atoms with Gasteiger partial charge in [0.1, 0.15) is 23.4 Å². The highest BCUT2D eigenvalue weighted by atomic mass is 35.5. The van der Waals surface area contributed by atoms with E-state index < -0.39 is 29.5 Å². The van der Waals surface area contributed by atoms with Crippen molar-refractivity contribution < 1.29 is 22.7 Å². The highest BCUT2D eigenvalue weighted by Gasteiger charge is 2.32. The monoisotopic (exact) mass is 395 g/mol. The highest BCUT2D eigenvalue weighted by Crippen LogP contribution is 2.36. The molecule has 1 aliphatic heterocycles. The van der Waals surface area contributed by atoms with Crippen LogP contribution in [-0.2, 0) is 9.53 Å². The molecule has 5 nitrogen and oxygen atoms in total. The van der Waals surface area contributed by atoms with E-state index >= 15 is 0 Å². The number of aromatic nitrogens is 1. The molecule has 27 heavy (non-hydrogen) atoms. The fraction of sp³-hybridized carbons (Fsp3) is 0.167. The molecule has 2 aromatic rings. The molecule has 0 aliphatic carbocycles. The van der Waals surface area contributed by atoms with Crippen molar-refractivity contribution in [2.45, 2.75) is 13.0 Å². The van der Waals surface area contributed by atoms with Crippen molar-refractivity contribution in [3.63, 3.8) is 0 Å². The summed E-state index contributed by atoms with van der Waals surface area (Å²) in [5, 5.41) is 2.81. The van der Waals surface area contributed by atoms with Crippen LogP contribution in [0.3, 0.4) is 0 Å². The van der Waals surface area contributed by atoms with E-state index in [9.17, 15) is 18.0 Å². The predicted octanol–water partition coefficient (Wildman–Crippen LogP) is 3.69. The number of benzene rings is 1. The fourth-order valence-corrected chi connectivity index (χ4v) is 2.98. The molecule has 1 aliphatic rings. The summed E-state index contributed by atoms with van der Waals surface area (Å²) >= 11 is 6.13.